The van der Waals surface area contributed by atoms with Gasteiger partial charge in [-0.05, 0) is 54.8 Å². The van der Waals surface area contributed by atoms with Crippen LogP contribution >= 0.6 is 0 Å². The predicted octanol–water partition coefficient (Wildman–Crippen LogP) is 3.85. The molecule has 4 aromatic rings. The number of aromatic nitrogens is 4. The fraction of sp³-hybridized carbons (Fsp3) is 0.308. The number of hydrogen-bond donors (Lipinski definition) is 1. The second-order valence-corrected chi connectivity index (χ2v) is 8.36. The van der Waals surface area contributed by atoms with Gasteiger partial charge in [0, 0.05) is 29.8 Å². The minimum Gasteiger partial charge on any atom is -0.493 e. The molecule has 3 aromatic heterocycles. The topological polar surface area (TPSA) is 109 Å². The van der Waals surface area contributed by atoms with Crippen molar-refractivity contribution in [3.63, 3.8) is 0 Å². The summed E-state index contributed by atoms with van der Waals surface area (Å²) in [6, 6.07) is 12.7. The smallest absolute Gasteiger partial charge is 0.305 e. The van der Waals surface area contributed by atoms with E-state index < -0.39 is 12.0 Å². The van der Waals surface area contributed by atoms with E-state index in [0.29, 0.717) is 18.9 Å². The van der Waals surface area contributed by atoms with Crippen LogP contribution in [0.15, 0.2) is 54.9 Å². The Labute approximate surface area is 202 Å². The highest BCUT2D eigenvalue weighted by Crippen LogP contribution is 2.29. The van der Waals surface area contributed by atoms with Crippen LogP contribution in [0.25, 0.3) is 10.9 Å². The zero-order valence-corrected chi connectivity index (χ0v) is 19.4. The van der Waals surface area contributed by atoms with Crippen molar-refractivity contribution >= 4 is 16.9 Å². The van der Waals surface area contributed by atoms with Crippen LogP contribution in [0.3, 0.4) is 0 Å². The van der Waals surface area contributed by atoms with Crippen molar-refractivity contribution in [2.75, 3.05) is 20.3 Å². The maximum Gasteiger partial charge on any atom is 0.305 e. The summed E-state index contributed by atoms with van der Waals surface area (Å²) < 4.78 is 18.4. The number of benzene rings is 1. The Hall–Kier alpha value is -4.14. The number of ether oxygens (including phenoxy) is 3. The molecule has 0 bridgehead atoms. The summed E-state index contributed by atoms with van der Waals surface area (Å²) in [5, 5.41) is 14.9. The van der Waals surface area contributed by atoms with Gasteiger partial charge in [0.05, 0.1) is 50.2 Å². The fourth-order valence-electron chi connectivity index (χ4n) is 4.27. The van der Waals surface area contributed by atoms with Crippen LogP contribution in [-0.4, -0.2) is 51.1 Å². The molecule has 1 atom stereocenters. The first-order valence-electron chi connectivity index (χ1n) is 11.5. The molecule has 1 aliphatic rings. The summed E-state index contributed by atoms with van der Waals surface area (Å²) in [7, 11) is 1.54. The molecule has 1 aliphatic heterocycles. The largest absolute Gasteiger partial charge is 0.493 e. The van der Waals surface area contributed by atoms with Gasteiger partial charge in [-0.2, -0.15) is 5.10 Å². The Morgan fingerprint density at radius 3 is 2.91 bits per heavy atom. The summed E-state index contributed by atoms with van der Waals surface area (Å²) in [6.45, 7) is 1.25. The van der Waals surface area contributed by atoms with Crippen LogP contribution in [0, 0.1) is 0 Å². The van der Waals surface area contributed by atoms with Crippen molar-refractivity contribution in [1.29, 1.82) is 0 Å². The van der Waals surface area contributed by atoms with Crippen LogP contribution in [0.5, 0.6) is 17.4 Å². The molecule has 0 amide bonds. The van der Waals surface area contributed by atoms with Gasteiger partial charge in [0.15, 0.2) is 0 Å². The second kappa shape index (κ2) is 10.0. The van der Waals surface area contributed by atoms with E-state index >= 15 is 0 Å². The number of fused-ring (bicyclic) bond motifs is 2. The SMILES string of the molecule is COc1ccc(C(CC(=O)O)n2ncc3cc(OCCc4ccc5c(n4)CCCO5)ccc32)cn1. The van der Waals surface area contributed by atoms with Crippen molar-refractivity contribution in [2.24, 2.45) is 0 Å². The van der Waals surface area contributed by atoms with Crippen LogP contribution in [0.4, 0.5) is 0 Å². The second-order valence-electron chi connectivity index (χ2n) is 8.36. The summed E-state index contributed by atoms with van der Waals surface area (Å²) in [5.74, 6) is 1.15. The Morgan fingerprint density at radius 2 is 2.11 bits per heavy atom. The van der Waals surface area contributed by atoms with Gasteiger partial charge >= 0.3 is 5.97 Å². The summed E-state index contributed by atoms with van der Waals surface area (Å²) in [6.07, 6.45) is 5.85. The van der Waals surface area contributed by atoms with Crippen LogP contribution in [-0.2, 0) is 17.6 Å². The lowest BCUT2D eigenvalue weighted by Gasteiger charge is -2.17. The maximum atomic E-state index is 11.6. The molecule has 4 heterocycles. The number of aryl methyl sites for hydroxylation is 1. The lowest BCUT2D eigenvalue weighted by Crippen LogP contribution is -2.16. The molecule has 0 fully saturated rings. The number of aliphatic carboxylic acids is 1. The van der Waals surface area contributed by atoms with Gasteiger partial charge in [0.1, 0.15) is 11.5 Å². The fourth-order valence-corrected chi connectivity index (χ4v) is 4.27. The van der Waals surface area contributed by atoms with Crippen LogP contribution in [0.2, 0.25) is 0 Å². The predicted molar refractivity (Wildman–Crippen MR) is 128 cm³/mol. The number of methoxy groups -OCH3 is 1. The van der Waals surface area contributed by atoms with Gasteiger partial charge in [-0.15, -0.1) is 0 Å². The van der Waals surface area contributed by atoms with Crippen LogP contribution < -0.4 is 14.2 Å². The zero-order chi connectivity index (χ0) is 24.2. The quantitative estimate of drug-likeness (QED) is 0.390. The van der Waals surface area contributed by atoms with E-state index in [2.05, 4.69) is 10.1 Å². The molecule has 0 saturated carbocycles. The van der Waals surface area contributed by atoms with E-state index in [1.165, 1.54) is 7.11 Å². The van der Waals surface area contributed by atoms with Crippen molar-refractivity contribution in [3.8, 4) is 17.4 Å². The van der Waals surface area contributed by atoms with Crippen molar-refractivity contribution in [3.05, 3.63) is 71.8 Å². The molecule has 0 saturated heterocycles. The minimum absolute atomic E-state index is 0.123. The molecular formula is C26H26N4O5. The molecule has 0 aliphatic carbocycles. The molecule has 0 radical (unpaired) electrons. The molecule has 1 aromatic carbocycles. The first-order chi connectivity index (χ1) is 17.1. The normalized spacial score (nSPS) is 13.6. The summed E-state index contributed by atoms with van der Waals surface area (Å²) >= 11 is 0. The average molecular weight is 475 g/mol. The Balaban J connectivity index is 1.30. The minimum atomic E-state index is -0.920. The van der Waals surface area contributed by atoms with Crippen molar-refractivity contribution in [1.82, 2.24) is 19.7 Å². The Bertz CT molecular complexity index is 1340. The van der Waals surface area contributed by atoms with E-state index in [1.54, 1.807) is 23.1 Å². The van der Waals surface area contributed by atoms with E-state index in [-0.39, 0.29) is 6.42 Å². The Kier molecular flexibility index (Phi) is 6.47. The van der Waals surface area contributed by atoms with Crippen molar-refractivity contribution < 1.29 is 24.1 Å². The van der Waals surface area contributed by atoms with Gasteiger partial charge in [0.2, 0.25) is 5.88 Å². The molecule has 0 spiro atoms. The molecule has 9 heteroatoms. The first kappa shape index (κ1) is 22.6. The van der Waals surface area contributed by atoms with E-state index in [4.69, 9.17) is 19.2 Å². The number of rotatable bonds is 9. The highest BCUT2D eigenvalue weighted by molar-refractivity contribution is 5.81. The third-order valence-electron chi connectivity index (χ3n) is 6.02. The van der Waals surface area contributed by atoms with Gasteiger partial charge in [-0.3, -0.25) is 14.5 Å². The molecule has 1 unspecified atom stereocenters. The molecule has 180 valence electrons. The first-order valence-corrected chi connectivity index (χ1v) is 11.5. The molecule has 1 N–H and O–H groups in total. The van der Waals surface area contributed by atoms with Crippen LogP contribution in [0.1, 0.15) is 35.8 Å². The lowest BCUT2D eigenvalue weighted by molar-refractivity contribution is -0.137. The van der Waals surface area contributed by atoms with E-state index in [9.17, 15) is 9.90 Å². The van der Waals surface area contributed by atoms with Gasteiger partial charge in [-0.1, -0.05) is 0 Å². The highest BCUT2D eigenvalue weighted by Gasteiger charge is 2.21. The average Bonchev–Trinajstić information content (AvgIpc) is 3.30. The number of pyridine rings is 2. The lowest BCUT2D eigenvalue weighted by atomic mass is 10.1. The van der Waals surface area contributed by atoms with Crippen molar-refractivity contribution in [2.45, 2.75) is 31.7 Å². The molecule has 35 heavy (non-hydrogen) atoms. The standard InChI is InChI=1S/C26H26N4O5/c1-33-25-9-4-17(15-27-25)23(14-26(31)32)30-22-7-6-20(13-18(22)16-28-30)34-12-10-19-5-8-24-21(29-19)3-2-11-35-24/h4-9,13,15-16,23H,2-3,10-12,14H2,1H3,(H,31,32). The molecule has 9 nitrogen and oxygen atoms in total. The Morgan fingerprint density at radius 1 is 1.20 bits per heavy atom. The summed E-state index contributed by atoms with van der Waals surface area (Å²) in [5.41, 5.74) is 3.55. The van der Waals surface area contributed by atoms with Gasteiger partial charge in [-0.25, -0.2) is 4.98 Å². The zero-order valence-electron chi connectivity index (χ0n) is 19.4. The van der Waals surface area contributed by atoms with E-state index in [1.807, 2.05) is 36.4 Å². The number of nitrogens with zero attached hydrogens (tertiary/aromatic N) is 4. The van der Waals surface area contributed by atoms with Gasteiger partial charge < -0.3 is 19.3 Å². The summed E-state index contributed by atoms with van der Waals surface area (Å²) in [4.78, 5) is 20.5. The third-order valence-corrected chi connectivity index (χ3v) is 6.02. The number of hydrogen-bond acceptors (Lipinski definition) is 7. The number of carboxylic acids is 1. The molecule has 5 rings (SSSR count). The van der Waals surface area contributed by atoms with Gasteiger partial charge in [0.25, 0.3) is 0 Å². The molecular weight excluding hydrogens is 448 g/mol. The highest BCUT2D eigenvalue weighted by atomic mass is 16.5. The number of carboxylic acid groups (broad SMARTS) is 1. The van der Waals surface area contributed by atoms with E-state index in [0.717, 1.165) is 58.8 Å². The third kappa shape index (κ3) is 5.03. The number of carbonyl (C=O) groups is 1. The monoisotopic (exact) mass is 474 g/mol. The maximum absolute atomic E-state index is 11.6.